The Balaban J connectivity index is 2.27. The second-order valence-corrected chi connectivity index (χ2v) is 6.27. The van der Waals surface area contributed by atoms with Gasteiger partial charge < -0.3 is 10.8 Å². The molecule has 1 aliphatic carbocycles. The van der Waals surface area contributed by atoms with Crippen molar-refractivity contribution in [3.8, 4) is 0 Å². The van der Waals surface area contributed by atoms with Gasteiger partial charge in [0.15, 0.2) is 0 Å². The second kappa shape index (κ2) is 7.28. The first-order valence-corrected chi connectivity index (χ1v) is 8.21. The molecule has 0 spiro atoms. The van der Waals surface area contributed by atoms with Gasteiger partial charge in [0.1, 0.15) is 5.76 Å². The highest BCUT2D eigenvalue weighted by molar-refractivity contribution is 5.65. The van der Waals surface area contributed by atoms with E-state index in [0.29, 0.717) is 17.9 Å². The molecule has 0 unspecified atom stereocenters. The first-order chi connectivity index (χ1) is 10.8. The molecule has 5 heteroatoms. The fraction of sp³-hybridized carbons (Fsp3) is 0.556. The van der Waals surface area contributed by atoms with Crippen molar-refractivity contribution >= 4 is 5.70 Å². The Hall–Kier alpha value is -1.65. The van der Waals surface area contributed by atoms with Crippen molar-refractivity contribution in [1.82, 2.24) is 0 Å². The van der Waals surface area contributed by atoms with E-state index in [9.17, 15) is 18.3 Å². The zero-order valence-electron chi connectivity index (χ0n) is 13.4. The number of aliphatic hydroxyl groups is 1. The molecule has 3 N–H and O–H groups in total. The summed E-state index contributed by atoms with van der Waals surface area (Å²) in [4.78, 5) is 0. The van der Waals surface area contributed by atoms with Gasteiger partial charge in [-0.2, -0.15) is 13.2 Å². The van der Waals surface area contributed by atoms with Gasteiger partial charge in [0.2, 0.25) is 0 Å². The molecule has 1 aromatic rings. The van der Waals surface area contributed by atoms with Crippen molar-refractivity contribution in [1.29, 1.82) is 0 Å². The third-order valence-corrected chi connectivity index (χ3v) is 4.67. The topological polar surface area (TPSA) is 46.2 Å². The summed E-state index contributed by atoms with van der Waals surface area (Å²) in [6.45, 7) is 1.70. The quantitative estimate of drug-likeness (QED) is 0.709. The van der Waals surface area contributed by atoms with Crippen LogP contribution in [0.1, 0.15) is 62.1 Å². The predicted octanol–water partition coefficient (Wildman–Crippen LogP) is 5.42. The Morgan fingerprint density at radius 1 is 1.26 bits per heavy atom. The summed E-state index contributed by atoms with van der Waals surface area (Å²) in [7, 11) is 0. The predicted molar refractivity (Wildman–Crippen MR) is 85.8 cm³/mol. The van der Waals surface area contributed by atoms with Crippen LogP contribution in [0.5, 0.6) is 0 Å². The van der Waals surface area contributed by atoms with Crippen molar-refractivity contribution in [2.75, 3.05) is 0 Å². The lowest BCUT2D eigenvalue weighted by atomic mass is 9.93. The van der Waals surface area contributed by atoms with E-state index in [2.05, 4.69) is 0 Å². The number of alkyl halides is 3. The SMILES string of the molecule is CC/C(O)=C(\N)c1ccc(CCC2CCCC2)c(C(F)(F)F)c1. The van der Waals surface area contributed by atoms with Crippen LogP contribution in [0.25, 0.3) is 5.70 Å². The minimum Gasteiger partial charge on any atom is -0.510 e. The van der Waals surface area contributed by atoms with Gasteiger partial charge >= 0.3 is 6.18 Å². The molecule has 1 aliphatic rings. The summed E-state index contributed by atoms with van der Waals surface area (Å²) < 4.78 is 40.1. The third kappa shape index (κ3) is 4.43. The van der Waals surface area contributed by atoms with E-state index in [-0.39, 0.29) is 23.4 Å². The Morgan fingerprint density at radius 3 is 2.48 bits per heavy atom. The average Bonchev–Trinajstić information content (AvgIpc) is 3.03. The Kier molecular flexibility index (Phi) is 5.60. The van der Waals surface area contributed by atoms with E-state index in [1.54, 1.807) is 13.0 Å². The molecule has 128 valence electrons. The standard InChI is InChI=1S/C18H24F3NO/c1-2-16(23)17(22)14-10-9-13(15(11-14)18(19,20)21)8-7-12-5-3-4-6-12/h9-12,23H,2-8,22H2,1H3/b17-16+. The van der Waals surface area contributed by atoms with E-state index >= 15 is 0 Å². The lowest BCUT2D eigenvalue weighted by molar-refractivity contribution is -0.138. The van der Waals surface area contributed by atoms with Crippen LogP contribution in [-0.4, -0.2) is 5.11 Å². The molecule has 1 aromatic carbocycles. The lowest BCUT2D eigenvalue weighted by Crippen LogP contribution is -2.12. The van der Waals surface area contributed by atoms with Crippen molar-refractivity contribution < 1.29 is 18.3 Å². The van der Waals surface area contributed by atoms with Crippen LogP contribution in [0.3, 0.4) is 0 Å². The van der Waals surface area contributed by atoms with Crippen molar-refractivity contribution in [2.45, 2.75) is 58.0 Å². The number of rotatable bonds is 5. The third-order valence-electron chi connectivity index (χ3n) is 4.67. The van der Waals surface area contributed by atoms with Crippen LogP contribution in [0.4, 0.5) is 13.2 Å². The number of nitrogens with two attached hydrogens (primary N) is 1. The van der Waals surface area contributed by atoms with Gasteiger partial charge in [-0.1, -0.05) is 44.7 Å². The molecule has 1 saturated carbocycles. The number of aryl methyl sites for hydroxylation is 1. The molecule has 0 aromatic heterocycles. The van der Waals surface area contributed by atoms with Crippen molar-refractivity contribution in [2.24, 2.45) is 11.7 Å². The molecule has 0 atom stereocenters. The number of aliphatic hydroxyl groups excluding tert-OH is 1. The van der Waals surface area contributed by atoms with E-state index in [1.165, 1.54) is 18.9 Å². The van der Waals surface area contributed by atoms with Crippen LogP contribution in [-0.2, 0) is 12.6 Å². The highest BCUT2D eigenvalue weighted by Crippen LogP contribution is 2.36. The molecule has 0 radical (unpaired) electrons. The lowest BCUT2D eigenvalue weighted by Gasteiger charge is -2.16. The summed E-state index contributed by atoms with van der Waals surface area (Å²) in [6, 6.07) is 4.13. The maximum Gasteiger partial charge on any atom is 0.416 e. The zero-order valence-corrected chi connectivity index (χ0v) is 13.4. The van der Waals surface area contributed by atoms with Gasteiger partial charge in [-0.05, 0) is 30.4 Å². The monoisotopic (exact) mass is 327 g/mol. The maximum atomic E-state index is 13.4. The van der Waals surface area contributed by atoms with E-state index in [4.69, 9.17) is 5.73 Å². The Morgan fingerprint density at radius 2 is 1.91 bits per heavy atom. The minimum atomic E-state index is -4.41. The van der Waals surface area contributed by atoms with E-state index in [1.807, 2.05) is 0 Å². The summed E-state index contributed by atoms with van der Waals surface area (Å²) in [6.07, 6.45) is 1.73. The Bertz CT molecular complexity index is 572. The van der Waals surface area contributed by atoms with Crippen LogP contribution < -0.4 is 5.73 Å². The Labute approximate surface area is 135 Å². The number of allylic oxidation sites excluding steroid dienone is 1. The number of hydrogen-bond acceptors (Lipinski definition) is 2. The van der Waals surface area contributed by atoms with E-state index < -0.39 is 11.7 Å². The fourth-order valence-corrected chi connectivity index (χ4v) is 3.24. The summed E-state index contributed by atoms with van der Waals surface area (Å²) >= 11 is 0. The molecule has 2 rings (SSSR count). The molecular formula is C18H24F3NO. The van der Waals surface area contributed by atoms with Gasteiger partial charge in [-0.3, -0.25) is 0 Å². The highest BCUT2D eigenvalue weighted by Gasteiger charge is 2.34. The number of benzene rings is 1. The van der Waals surface area contributed by atoms with Gasteiger partial charge in [0.05, 0.1) is 11.3 Å². The summed E-state index contributed by atoms with van der Waals surface area (Å²) in [5.74, 6) is 0.460. The number of hydrogen-bond donors (Lipinski definition) is 2. The largest absolute Gasteiger partial charge is 0.510 e. The molecule has 0 saturated heterocycles. The van der Waals surface area contributed by atoms with E-state index in [0.717, 1.165) is 25.3 Å². The van der Waals surface area contributed by atoms with Crippen LogP contribution in [0.15, 0.2) is 24.0 Å². The normalized spacial score (nSPS) is 17.4. The molecule has 0 aliphatic heterocycles. The highest BCUT2D eigenvalue weighted by atomic mass is 19.4. The molecular weight excluding hydrogens is 303 g/mol. The van der Waals surface area contributed by atoms with Crippen molar-refractivity contribution in [3.63, 3.8) is 0 Å². The van der Waals surface area contributed by atoms with Gasteiger partial charge in [0, 0.05) is 12.0 Å². The minimum absolute atomic E-state index is 0.0142. The van der Waals surface area contributed by atoms with Gasteiger partial charge in [-0.15, -0.1) is 0 Å². The smallest absolute Gasteiger partial charge is 0.416 e. The zero-order chi connectivity index (χ0) is 17.0. The number of halogens is 3. The van der Waals surface area contributed by atoms with Crippen LogP contribution >= 0.6 is 0 Å². The van der Waals surface area contributed by atoms with Gasteiger partial charge in [0.25, 0.3) is 0 Å². The first kappa shape index (κ1) is 17.7. The molecule has 2 nitrogen and oxygen atoms in total. The summed E-state index contributed by atoms with van der Waals surface area (Å²) in [5, 5.41) is 9.66. The van der Waals surface area contributed by atoms with Crippen LogP contribution in [0.2, 0.25) is 0 Å². The first-order valence-electron chi connectivity index (χ1n) is 8.21. The molecule has 23 heavy (non-hydrogen) atoms. The fourth-order valence-electron chi connectivity index (χ4n) is 3.24. The molecule has 0 bridgehead atoms. The van der Waals surface area contributed by atoms with Crippen molar-refractivity contribution in [3.05, 3.63) is 40.6 Å². The average molecular weight is 327 g/mol. The molecule has 1 fully saturated rings. The second-order valence-electron chi connectivity index (χ2n) is 6.27. The summed E-state index contributed by atoms with van der Waals surface area (Å²) in [5.41, 5.74) is 5.66. The maximum absolute atomic E-state index is 13.4. The van der Waals surface area contributed by atoms with Gasteiger partial charge in [-0.25, -0.2) is 0 Å². The molecule has 0 heterocycles. The molecule has 0 amide bonds. The van der Waals surface area contributed by atoms with Crippen LogP contribution in [0, 0.1) is 5.92 Å².